The van der Waals surface area contributed by atoms with Gasteiger partial charge in [-0.3, -0.25) is 4.79 Å². The minimum absolute atomic E-state index is 0.180. The lowest BCUT2D eigenvalue weighted by Crippen LogP contribution is -2.36. The van der Waals surface area contributed by atoms with Gasteiger partial charge >= 0.3 is 0 Å². The molecular formula is C20H21ClN4OS. The van der Waals surface area contributed by atoms with Crippen molar-refractivity contribution in [2.24, 2.45) is 0 Å². The van der Waals surface area contributed by atoms with E-state index >= 15 is 0 Å². The number of halogens is 1. The van der Waals surface area contributed by atoms with Crippen LogP contribution in [0.3, 0.4) is 0 Å². The summed E-state index contributed by atoms with van der Waals surface area (Å²) in [6.45, 7) is 5.27. The number of fused-ring (bicyclic) bond motifs is 1. The van der Waals surface area contributed by atoms with Crippen molar-refractivity contribution in [3.63, 3.8) is 0 Å². The first-order valence-electron chi connectivity index (χ1n) is 8.77. The lowest BCUT2D eigenvalue weighted by molar-refractivity contribution is 0.406. The summed E-state index contributed by atoms with van der Waals surface area (Å²) >= 11 is 11.6. The Morgan fingerprint density at radius 1 is 1.26 bits per heavy atom. The third-order valence-electron chi connectivity index (χ3n) is 4.14. The molecule has 140 valence electrons. The van der Waals surface area contributed by atoms with E-state index in [2.05, 4.69) is 22.2 Å². The van der Waals surface area contributed by atoms with Crippen LogP contribution >= 0.6 is 23.8 Å². The summed E-state index contributed by atoms with van der Waals surface area (Å²) < 4.78 is 0. The van der Waals surface area contributed by atoms with Crippen LogP contribution in [-0.4, -0.2) is 26.5 Å². The summed E-state index contributed by atoms with van der Waals surface area (Å²) in [5.74, 6) is 0.552. The first-order valence-corrected chi connectivity index (χ1v) is 9.56. The topological polar surface area (TPSA) is 61.0 Å². The molecule has 2 N–H and O–H groups in total. The number of aromatic nitrogens is 2. The average molecular weight is 401 g/mol. The van der Waals surface area contributed by atoms with Crippen molar-refractivity contribution in [2.45, 2.75) is 26.8 Å². The van der Waals surface area contributed by atoms with Gasteiger partial charge in [-0.2, -0.15) is 0 Å². The number of nitrogens with one attached hydrogen (secondary N) is 2. The third-order valence-corrected chi connectivity index (χ3v) is 4.74. The number of hydrogen-bond donors (Lipinski definition) is 2. The summed E-state index contributed by atoms with van der Waals surface area (Å²) in [5, 5.41) is 4.91. The van der Waals surface area contributed by atoms with Gasteiger partial charge in [0.1, 0.15) is 5.82 Å². The second kappa shape index (κ2) is 8.50. The van der Waals surface area contributed by atoms with Crippen LogP contribution in [0.2, 0.25) is 5.02 Å². The van der Waals surface area contributed by atoms with E-state index in [9.17, 15) is 4.79 Å². The Balaban J connectivity index is 1.83. The molecule has 0 fully saturated rings. The van der Waals surface area contributed by atoms with Crippen molar-refractivity contribution >= 4 is 45.5 Å². The van der Waals surface area contributed by atoms with Gasteiger partial charge in [0.15, 0.2) is 5.11 Å². The highest BCUT2D eigenvalue weighted by atomic mass is 35.5. The number of H-pyrrole nitrogens is 1. The maximum Gasteiger partial charge on any atom is 0.258 e. The van der Waals surface area contributed by atoms with E-state index in [1.54, 1.807) is 18.2 Å². The number of aryl methyl sites for hydroxylation is 1. The van der Waals surface area contributed by atoms with Crippen molar-refractivity contribution in [1.29, 1.82) is 0 Å². The first-order chi connectivity index (χ1) is 13.0. The van der Waals surface area contributed by atoms with Gasteiger partial charge in [-0.25, -0.2) is 4.98 Å². The van der Waals surface area contributed by atoms with Crippen molar-refractivity contribution in [3.8, 4) is 0 Å². The standard InChI is InChI=1S/C20H21ClN4OS/c1-3-10-25(20(27)22-15-7-4-13(2)5-8-15)12-18-23-17-11-14(21)6-9-16(17)19(26)24-18/h4-9,11H,3,10,12H2,1-2H3,(H,22,27)(H,23,24,26). The van der Waals surface area contributed by atoms with E-state index in [0.29, 0.717) is 33.4 Å². The molecule has 5 nitrogen and oxygen atoms in total. The molecule has 1 heterocycles. The van der Waals surface area contributed by atoms with E-state index in [1.165, 1.54) is 5.56 Å². The number of nitrogens with zero attached hydrogens (tertiary/aromatic N) is 2. The Hall–Kier alpha value is -2.44. The van der Waals surface area contributed by atoms with Crippen molar-refractivity contribution < 1.29 is 0 Å². The van der Waals surface area contributed by atoms with E-state index in [-0.39, 0.29) is 5.56 Å². The number of rotatable bonds is 5. The highest BCUT2D eigenvalue weighted by Crippen LogP contribution is 2.16. The lowest BCUT2D eigenvalue weighted by atomic mass is 10.2. The molecule has 0 atom stereocenters. The second-order valence-corrected chi connectivity index (χ2v) is 7.21. The summed E-state index contributed by atoms with van der Waals surface area (Å²) in [6, 6.07) is 13.1. The summed E-state index contributed by atoms with van der Waals surface area (Å²) in [5.41, 5.74) is 2.52. The van der Waals surface area contributed by atoms with Gasteiger partial charge in [0, 0.05) is 17.3 Å². The van der Waals surface area contributed by atoms with Crippen LogP contribution in [-0.2, 0) is 6.54 Å². The number of hydrogen-bond acceptors (Lipinski definition) is 3. The summed E-state index contributed by atoms with van der Waals surface area (Å²) in [4.78, 5) is 21.7. The molecule has 0 aliphatic carbocycles. The second-order valence-electron chi connectivity index (χ2n) is 6.39. The Bertz CT molecular complexity index is 1020. The van der Waals surface area contributed by atoms with Gasteiger partial charge in [-0.1, -0.05) is 36.2 Å². The molecule has 0 saturated heterocycles. The van der Waals surface area contributed by atoms with Crippen LogP contribution in [0.4, 0.5) is 5.69 Å². The molecule has 0 radical (unpaired) electrons. The van der Waals surface area contributed by atoms with Crippen LogP contribution in [0.15, 0.2) is 47.3 Å². The van der Waals surface area contributed by atoms with Crippen LogP contribution in [0.5, 0.6) is 0 Å². The van der Waals surface area contributed by atoms with Gasteiger partial charge < -0.3 is 15.2 Å². The molecular weight excluding hydrogens is 380 g/mol. The normalized spacial score (nSPS) is 10.8. The SMILES string of the molecule is CCCN(Cc1nc2cc(Cl)ccc2c(=O)[nH]1)C(=S)Nc1ccc(C)cc1. The average Bonchev–Trinajstić information content (AvgIpc) is 2.63. The van der Waals surface area contributed by atoms with Gasteiger partial charge in [-0.05, 0) is 55.9 Å². The first kappa shape index (κ1) is 19.3. The van der Waals surface area contributed by atoms with Crippen molar-refractivity contribution in [1.82, 2.24) is 14.9 Å². The van der Waals surface area contributed by atoms with Crippen LogP contribution in [0.25, 0.3) is 10.9 Å². The molecule has 27 heavy (non-hydrogen) atoms. The Morgan fingerprint density at radius 2 is 2.00 bits per heavy atom. The van der Waals surface area contributed by atoms with Crippen molar-refractivity contribution in [2.75, 3.05) is 11.9 Å². The maximum atomic E-state index is 12.3. The molecule has 0 spiro atoms. The minimum Gasteiger partial charge on any atom is -0.342 e. The van der Waals surface area contributed by atoms with E-state index in [1.807, 2.05) is 36.1 Å². The van der Waals surface area contributed by atoms with Gasteiger partial charge in [0.05, 0.1) is 17.4 Å². The molecule has 2 aromatic carbocycles. The third kappa shape index (κ3) is 4.84. The van der Waals surface area contributed by atoms with Crippen LogP contribution in [0, 0.1) is 6.92 Å². The zero-order valence-corrected chi connectivity index (χ0v) is 16.8. The molecule has 1 aromatic heterocycles. The Morgan fingerprint density at radius 3 is 2.70 bits per heavy atom. The molecule has 0 aliphatic rings. The molecule has 0 amide bonds. The van der Waals surface area contributed by atoms with Crippen LogP contribution in [0.1, 0.15) is 24.7 Å². The number of anilines is 1. The van der Waals surface area contributed by atoms with E-state index in [4.69, 9.17) is 23.8 Å². The molecule has 0 saturated carbocycles. The smallest absolute Gasteiger partial charge is 0.258 e. The number of thiocarbonyl (C=S) groups is 1. The fourth-order valence-corrected chi connectivity index (χ4v) is 3.22. The molecule has 3 rings (SSSR count). The predicted octanol–water partition coefficient (Wildman–Crippen LogP) is 4.49. The summed E-state index contributed by atoms with van der Waals surface area (Å²) in [6.07, 6.45) is 0.916. The molecule has 0 unspecified atom stereocenters. The largest absolute Gasteiger partial charge is 0.342 e. The van der Waals surface area contributed by atoms with Gasteiger partial charge in [0.2, 0.25) is 0 Å². The van der Waals surface area contributed by atoms with Crippen molar-refractivity contribution in [3.05, 3.63) is 69.2 Å². The zero-order valence-electron chi connectivity index (χ0n) is 15.3. The molecule has 0 aliphatic heterocycles. The summed E-state index contributed by atoms with van der Waals surface area (Å²) in [7, 11) is 0. The Kier molecular flexibility index (Phi) is 6.08. The van der Waals surface area contributed by atoms with Gasteiger partial charge in [-0.15, -0.1) is 0 Å². The Labute approximate surface area is 168 Å². The quantitative estimate of drug-likeness (QED) is 0.618. The van der Waals surface area contributed by atoms with Gasteiger partial charge in [0.25, 0.3) is 5.56 Å². The fourth-order valence-electron chi connectivity index (χ4n) is 2.78. The molecule has 0 bridgehead atoms. The van der Waals surface area contributed by atoms with Crippen LogP contribution < -0.4 is 10.9 Å². The predicted molar refractivity (Wildman–Crippen MR) is 115 cm³/mol. The van der Waals surface area contributed by atoms with E-state index in [0.717, 1.165) is 18.7 Å². The highest BCUT2D eigenvalue weighted by Gasteiger charge is 2.13. The molecule has 7 heteroatoms. The monoisotopic (exact) mass is 400 g/mol. The minimum atomic E-state index is -0.180. The number of aromatic amines is 1. The number of benzene rings is 2. The van der Waals surface area contributed by atoms with E-state index < -0.39 is 0 Å². The molecule has 3 aromatic rings. The fraction of sp³-hybridized carbons (Fsp3) is 0.250. The maximum absolute atomic E-state index is 12.3. The lowest BCUT2D eigenvalue weighted by Gasteiger charge is -2.25. The highest BCUT2D eigenvalue weighted by molar-refractivity contribution is 7.80. The zero-order chi connectivity index (χ0) is 19.4.